The largest absolute Gasteiger partial charge is 0.497 e. The van der Waals surface area contributed by atoms with Crippen molar-refractivity contribution in [2.75, 3.05) is 13.7 Å². The lowest BCUT2D eigenvalue weighted by atomic mass is 9.99. The highest BCUT2D eigenvalue weighted by atomic mass is 16.5. The van der Waals surface area contributed by atoms with Crippen molar-refractivity contribution in [2.45, 2.75) is 34.4 Å². The Labute approximate surface area is 410 Å². The molecule has 0 saturated heterocycles. The molecule has 0 saturated carbocycles. The van der Waals surface area contributed by atoms with E-state index in [0.29, 0.717) is 5.75 Å². The second-order valence-corrected chi connectivity index (χ2v) is 16.3. The number of carboxylic acid groups (broad SMARTS) is 1. The molecule has 0 radical (unpaired) electrons. The van der Waals surface area contributed by atoms with E-state index in [1.54, 1.807) is 13.2 Å². The predicted octanol–water partition coefficient (Wildman–Crippen LogP) is 15.3. The van der Waals surface area contributed by atoms with Crippen LogP contribution in [0.25, 0.3) is 90.1 Å². The molecular weight excluding hydrogens is 865 g/mol. The number of imidazole rings is 2. The molecule has 2 heterocycles. The Hall–Kier alpha value is -8.75. The number of hydrogen-bond acceptors (Lipinski definition) is 5. The van der Waals surface area contributed by atoms with E-state index in [4.69, 9.17) is 24.5 Å². The zero-order valence-electron chi connectivity index (χ0n) is 38.9. The molecule has 0 aliphatic rings. The average molecular weight is 921 g/mol. The van der Waals surface area contributed by atoms with Crippen molar-refractivity contribution in [3.05, 3.63) is 218 Å². The highest BCUT2D eigenvalue weighted by Gasteiger charge is 2.24. The number of aliphatic carboxylic acids is 1. The number of ether oxygens (including phenoxy) is 2. The molecule has 1 N–H and O–H groups in total. The Kier molecular flexibility index (Phi) is 15.3. The number of nitrogens with zero attached hydrogens (tertiary/aromatic N) is 4. The average Bonchev–Trinajstić information content (AvgIpc) is 4.01. The summed E-state index contributed by atoms with van der Waals surface area (Å²) in [7, 11) is 1.70. The minimum atomic E-state index is -1.01. The lowest BCUT2D eigenvalue weighted by Gasteiger charge is -2.14. The van der Waals surface area contributed by atoms with Crippen molar-refractivity contribution in [3.63, 3.8) is 0 Å². The van der Waals surface area contributed by atoms with Crippen molar-refractivity contribution < 1.29 is 19.4 Å². The molecular formula is C62H56N4O4. The Bertz CT molecular complexity index is 3310. The highest BCUT2D eigenvalue weighted by Crippen LogP contribution is 2.42. The molecule has 70 heavy (non-hydrogen) atoms. The van der Waals surface area contributed by atoms with Gasteiger partial charge in [0, 0.05) is 46.5 Å². The molecule has 348 valence electrons. The Morgan fingerprint density at radius 3 is 1.17 bits per heavy atom. The SMILES string of the molecule is C.CCn1c(-c2ccccc2-c2cccc(OC)c2)nc(-c2ccccc2)c1-c1ccccc1.CCn1c(-c2ccccc2-c2cccc(OCC(=O)O)c2)nc(-c2ccccc2)c1-c1ccccc1. The fourth-order valence-corrected chi connectivity index (χ4v) is 8.85. The van der Waals surface area contributed by atoms with Gasteiger partial charge >= 0.3 is 5.97 Å². The standard InChI is InChI=1S/C31H26N2O3.C30H26N2O.CH4/c1-2-33-30(23-14-7-4-8-15-23)29(22-12-5-3-6-13-22)32-31(33)27-19-10-9-18-26(27)24-16-11-17-25(20-24)36-21-28(34)35;1-3-32-29(23-15-8-5-9-16-23)28(22-13-6-4-7-14-22)31-30(32)27-20-11-10-19-26(27)24-17-12-18-25(21-24)33-2;/h3-20H,2,21H2,1H3,(H,34,35);4-21H,3H2,1-2H3;1H4. The van der Waals surface area contributed by atoms with Crippen molar-refractivity contribution in [3.8, 4) is 102 Å². The summed E-state index contributed by atoms with van der Waals surface area (Å²) in [6.07, 6.45) is 0. The summed E-state index contributed by atoms with van der Waals surface area (Å²) in [5, 5.41) is 8.99. The minimum Gasteiger partial charge on any atom is -0.497 e. The van der Waals surface area contributed by atoms with E-state index in [1.807, 2.05) is 84.9 Å². The Morgan fingerprint density at radius 1 is 0.443 bits per heavy atom. The van der Waals surface area contributed by atoms with Crippen LogP contribution < -0.4 is 9.47 Å². The van der Waals surface area contributed by atoms with E-state index in [0.717, 1.165) is 109 Å². The monoisotopic (exact) mass is 920 g/mol. The molecule has 0 unspecified atom stereocenters. The van der Waals surface area contributed by atoms with Gasteiger partial charge < -0.3 is 23.7 Å². The zero-order chi connectivity index (χ0) is 47.5. The van der Waals surface area contributed by atoms with Crippen molar-refractivity contribution >= 4 is 5.97 Å². The van der Waals surface area contributed by atoms with Crippen molar-refractivity contribution in [2.24, 2.45) is 0 Å². The van der Waals surface area contributed by atoms with Crippen LogP contribution in [0.3, 0.4) is 0 Å². The molecule has 2 aromatic heterocycles. The lowest BCUT2D eigenvalue weighted by molar-refractivity contribution is -0.139. The van der Waals surface area contributed by atoms with Gasteiger partial charge in [0.1, 0.15) is 23.1 Å². The van der Waals surface area contributed by atoms with Crippen LogP contribution in [-0.4, -0.2) is 43.9 Å². The van der Waals surface area contributed by atoms with Gasteiger partial charge in [-0.05, 0) is 60.4 Å². The molecule has 0 spiro atoms. The number of rotatable bonds is 14. The maximum absolute atomic E-state index is 11.0. The summed E-state index contributed by atoms with van der Waals surface area (Å²) in [4.78, 5) is 21.4. The number of carbonyl (C=O) groups is 1. The van der Waals surface area contributed by atoms with E-state index in [2.05, 4.69) is 150 Å². The second-order valence-electron chi connectivity index (χ2n) is 16.3. The summed E-state index contributed by atoms with van der Waals surface area (Å²) in [6, 6.07) is 74.0. The summed E-state index contributed by atoms with van der Waals surface area (Å²) >= 11 is 0. The van der Waals surface area contributed by atoms with Gasteiger partial charge in [-0.3, -0.25) is 0 Å². The van der Waals surface area contributed by atoms with Gasteiger partial charge in [-0.25, -0.2) is 14.8 Å². The molecule has 10 rings (SSSR count). The van der Waals surface area contributed by atoms with Gasteiger partial charge in [-0.1, -0.05) is 202 Å². The summed E-state index contributed by atoms with van der Waals surface area (Å²) in [5.41, 5.74) is 14.9. The first-order valence-corrected chi connectivity index (χ1v) is 23.2. The molecule has 8 nitrogen and oxygen atoms in total. The third kappa shape index (κ3) is 10.2. The van der Waals surface area contributed by atoms with Crippen LogP contribution in [0.5, 0.6) is 11.5 Å². The van der Waals surface area contributed by atoms with Crippen LogP contribution in [0.15, 0.2) is 218 Å². The molecule has 8 aromatic carbocycles. The van der Waals surface area contributed by atoms with Crippen LogP contribution in [0.2, 0.25) is 0 Å². The maximum atomic E-state index is 11.0. The first-order valence-electron chi connectivity index (χ1n) is 23.2. The van der Waals surface area contributed by atoms with E-state index in [-0.39, 0.29) is 14.0 Å². The van der Waals surface area contributed by atoms with Crippen LogP contribution >= 0.6 is 0 Å². The minimum absolute atomic E-state index is 0. The fraction of sp³-hybridized carbons (Fsp3) is 0.113. The number of benzene rings is 8. The number of hydrogen-bond donors (Lipinski definition) is 1. The fourth-order valence-electron chi connectivity index (χ4n) is 8.85. The molecule has 10 aromatic rings. The maximum Gasteiger partial charge on any atom is 0.341 e. The Morgan fingerprint density at radius 2 is 0.786 bits per heavy atom. The van der Waals surface area contributed by atoms with Crippen LogP contribution in [0, 0.1) is 0 Å². The van der Waals surface area contributed by atoms with Crippen LogP contribution in [-0.2, 0) is 17.9 Å². The molecule has 0 bridgehead atoms. The van der Waals surface area contributed by atoms with E-state index in [9.17, 15) is 4.79 Å². The third-order valence-electron chi connectivity index (χ3n) is 12.0. The zero-order valence-corrected chi connectivity index (χ0v) is 38.9. The molecule has 0 amide bonds. The number of methoxy groups -OCH3 is 1. The van der Waals surface area contributed by atoms with Crippen LogP contribution in [0.4, 0.5) is 0 Å². The third-order valence-corrected chi connectivity index (χ3v) is 12.0. The first-order chi connectivity index (χ1) is 33.9. The van der Waals surface area contributed by atoms with Gasteiger partial charge in [-0.15, -0.1) is 0 Å². The van der Waals surface area contributed by atoms with Crippen molar-refractivity contribution in [1.29, 1.82) is 0 Å². The summed E-state index contributed by atoms with van der Waals surface area (Å²) in [6.45, 7) is 5.49. The first kappa shape index (κ1) is 47.7. The second kappa shape index (κ2) is 22.4. The molecule has 0 atom stereocenters. The normalized spacial score (nSPS) is 10.7. The topological polar surface area (TPSA) is 91.4 Å². The lowest BCUT2D eigenvalue weighted by Crippen LogP contribution is -2.09. The summed E-state index contributed by atoms with van der Waals surface area (Å²) < 4.78 is 15.5. The van der Waals surface area contributed by atoms with Crippen LogP contribution in [0.1, 0.15) is 21.3 Å². The van der Waals surface area contributed by atoms with Gasteiger partial charge in [-0.2, -0.15) is 0 Å². The van der Waals surface area contributed by atoms with Crippen molar-refractivity contribution in [1.82, 2.24) is 19.1 Å². The van der Waals surface area contributed by atoms with Gasteiger partial charge in [0.05, 0.1) is 29.9 Å². The molecule has 0 aliphatic carbocycles. The van der Waals surface area contributed by atoms with Gasteiger partial charge in [0.2, 0.25) is 0 Å². The van der Waals surface area contributed by atoms with Gasteiger partial charge in [0.15, 0.2) is 6.61 Å². The van der Waals surface area contributed by atoms with Gasteiger partial charge in [0.25, 0.3) is 0 Å². The highest BCUT2D eigenvalue weighted by molar-refractivity contribution is 5.89. The summed E-state index contributed by atoms with van der Waals surface area (Å²) in [5.74, 6) is 2.19. The predicted molar refractivity (Wildman–Crippen MR) is 286 cm³/mol. The number of carboxylic acids is 1. The molecule has 0 aliphatic heterocycles. The Balaban J connectivity index is 0.000000186. The molecule has 0 fully saturated rings. The van der Waals surface area contributed by atoms with E-state index >= 15 is 0 Å². The smallest absolute Gasteiger partial charge is 0.341 e. The quantitative estimate of drug-likeness (QED) is 0.117. The van der Waals surface area contributed by atoms with E-state index < -0.39 is 5.97 Å². The van der Waals surface area contributed by atoms with E-state index in [1.165, 1.54) is 0 Å². The molecule has 8 heteroatoms. The number of aromatic nitrogens is 4.